The molecular weight excluding hydrogens is 412 g/mol. The Bertz CT molecular complexity index is 1080. The van der Waals surface area contributed by atoms with Crippen LogP contribution >= 0.6 is 11.8 Å². The van der Waals surface area contributed by atoms with Crippen LogP contribution in [0.15, 0.2) is 28.8 Å². The lowest BCUT2D eigenvalue weighted by Crippen LogP contribution is -2.75. The molecule has 3 heterocycles. The van der Waals surface area contributed by atoms with E-state index in [9.17, 15) is 24.8 Å². The summed E-state index contributed by atoms with van der Waals surface area (Å²) in [6.07, 6.45) is 0. The number of hydrogen-bond donors (Lipinski definition) is 2. The van der Waals surface area contributed by atoms with E-state index in [1.165, 1.54) is 22.7 Å². The van der Waals surface area contributed by atoms with Gasteiger partial charge in [-0.3, -0.25) is 14.9 Å². The van der Waals surface area contributed by atoms with Gasteiger partial charge in [0.2, 0.25) is 0 Å². The third-order valence-electron chi connectivity index (χ3n) is 5.60. The molecule has 1 aromatic heterocycles. The number of carbonyl (C=O) groups excluding carboxylic acids is 1. The van der Waals surface area contributed by atoms with Gasteiger partial charge < -0.3 is 19.8 Å². The number of aliphatic carboxylic acids is 1. The fraction of sp³-hybridized carbons (Fsp3) is 0.421. The molecule has 2 saturated heterocycles. The van der Waals surface area contributed by atoms with Crippen molar-refractivity contribution in [3.63, 3.8) is 0 Å². The number of thioether (sulfide) groups is 1. The lowest BCUT2D eigenvalue weighted by atomic mass is 9.85. The highest BCUT2D eigenvalue weighted by Crippen LogP contribution is 2.56. The van der Waals surface area contributed by atoms with Crippen LogP contribution in [0.1, 0.15) is 26.5 Å². The summed E-state index contributed by atoms with van der Waals surface area (Å²) in [4.78, 5) is 37.1. The zero-order valence-electron chi connectivity index (χ0n) is 16.7. The number of anilines is 1. The van der Waals surface area contributed by atoms with Gasteiger partial charge in [-0.05, 0) is 33.8 Å². The van der Waals surface area contributed by atoms with E-state index in [4.69, 9.17) is 4.52 Å². The Hall–Kier alpha value is -3.08. The number of aryl methyl sites for hydroxylation is 1. The van der Waals surface area contributed by atoms with Crippen molar-refractivity contribution in [3.05, 3.63) is 40.1 Å². The van der Waals surface area contributed by atoms with Gasteiger partial charge in [-0.15, -0.1) is 11.8 Å². The molecule has 0 spiro atoms. The maximum Gasteiger partial charge on any atom is 0.327 e. The number of nitro groups is 1. The first-order valence-corrected chi connectivity index (χ1v) is 10.1. The normalized spacial score (nSPS) is 26.8. The van der Waals surface area contributed by atoms with Crippen LogP contribution < -0.4 is 5.32 Å². The van der Waals surface area contributed by atoms with Crippen LogP contribution in [0, 0.1) is 17.0 Å². The van der Waals surface area contributed by atoms with Gasteiger partial charge >= 0.3 is 5.97 Å². The number of nitrogens with one attached hydrogen (secondary N) is 1. The molecule has 0 unspecified atom stereocenters. The largest absolute Gasteiger partial charge is 0.480 e. The van der Waals surface area contributed by atoms with Crippen molar-refractivity contribution in [1.29, 1.82) is 0 Å². The number of carbonyl (C=O) groups is 2. The van der Waals surface area contributed by atoms with E-state index in [1.54, 1.807) is 45.9 Å². The molecule has 2 N–H and O–H groups in total. The topological polar surface area (TPSA) is 139 Å². The molecule has 11 heteroatoms. The zero-order valence-corrected chi connectivity index (χ0v) is 17.5. The molecule has 0 aliphatic carbocycles. The van der Waals surface area contributed by atoms with E-state index >= 15 is 0 Å². The lowest BCUT2D eigenvalue weighted by molar-refractivity contribution is -0.384. The van der Waals surface area contributed by atoms with Crippen LogP contribution in [0.4, 0.5) is 11.4 Å². The van der Waals surface area contributed by atoms with Gasteiger partial charge in [0.15, 0.2) is 5.76 Å². The van der Waals surface area contributed by atoms with Gasteiger partial charge in [-0.2, -0.15) is 0 Å². The van der Waals surface area contributed by atoms with Gasteiger partial charge in [0.05, 0.1) is 10.5 Å². The second-order valence-electron chi connectivity index (χ2n) is 8.10. The van der Waals surface area contributed by atoms with E-state index in [0.29, 0.717) is 11.4 Å². The number of β-lactam (4-membered cyclic amide) rings is 1. The highest BCUT2D eigenvalue weighted by Gasteiger charge is 2.69. The van der Waals surface area contributed by atoms with Crippen LogP contribution in [0.3, 0.4) is 0 Å². The lowest BCUT2D eigenvalue weighted by Gasteiger charge is -2.51. The van der Waals surface area contributed by atoms with Crippen molar-refractivity contribution in [1.82, 2.24) is 10.1 Å². The molecule has 2 aliphatic rings. The van der Waals surface area contributed by atoms with E-state index < -0.39 is 32.6 Å². The van der Waals surface area contributed by atoms with Crippen molar-refractivity contribution in [2.24, 2.45) is 0 Å². The van der Waals surface area contributed by atoms with Gasteiger partial charge in [-0.25, -0.2) is 4.79 Å². The second kappa shape index (κ2) is 6.46. The summed E-state index contributed by atoms with van der Waals surface area (Å²) in [7, 11) is 0. The number of hydrogen-bond acceptors (Lipinski definition) is 8. The summed E-state index contributed by atoms with van der Waals surface area (Å²) in [5, 5.41) is 27.7. The smallest absolute Gasteiger partial charge is 0.327 e. The average Bonchev–Trinajstić information content (AvgIpc) is 3.17. The van der Waals surface area contributed by atoms with Crippen molar-refractivity contribution in [3.8, 4) is 11.3 Å². The standard InChI is InChI=1S/C19H20N4O6S/c1-9-12(13(29-21-9)10-7-5-6-8-11(10)23(27)28)20-19(4)16(26)22-14(15(24)25)18(2,3)30-17(19)22/h5-8,14,17,20H,1-4H3,(H,24,25)/t14-,17+,19-/m0/s1. The molecule has 1 aromatic carbocycles. The fourth-order valence-electron chi connectivity index (χ4n) is 4.12. The summed E-state index contributed by atoms with van der Waals surface area (Å²) >= 11 is 1.40. The molecule has 0 bridgehead atoms. The monoisotopic (exact) mass is 432 g/mol. The minimum atomic E-state index is -1.11. The molecule has 2 aromatic rings. The molecule has 0 saturated carbocycles. The third-order valence-corrected chi connectivity index (χ3v) is 7.36. The number of carboxylic acid groups (broad SMARTS) is 1. The van der Waals surface area contributed by atoms with Crippen LogP contribution in [-0.2, 0) is 9.59 Å². The molecule has 30 heavy (non-hydrogen) atoms. The minimum Gasteiger partial charge on any atom is -0.480 e. The summed E-state index contributed by atoms with van der Waals surface area (Å²) in [5.74, 6) is -1.25. The summed E-state index contributed by atoms with van der Waals surface area (Å²) in [6, 6.07) is 5.17. The Balaban J connectivity index is 1.73. The van der Waals surface area contributed by atoms with Crippen LogP contribution in [0.5, 0.6) is 0 Å². The Morgan fingerprint density at radius 3 is 2.67 bits per heavy atom. The van der Waals surface area contributed by atoms with Gasteiger partial charge in [0, 0.05) is 10.8 Å². The SMILES string of the molecule is Cc1noc(-c2ccccc2[N+](=O)[O-])c1N[C@@]1(C)C(=O)N2[C@@H](C(=O)O)C(C)(C)S[C@@H]21. The molecule has 2 fully saturated rings. The highest BCUT2D eigenvalue weighted by molar-refractivity contribution is 8.01. The van der Waals surface area contributed by atoms with Crippen molar-refractivity contribution in [2.45, 2.75) is 49.4 Å². The number of fused-ring (bicyclic) bond motifs is 1. The van der Waals surface area contributed by atoms with Gasteiger partial charge in [-0.1, -0.05) is 17.3 Å². The van der Waals surface area contributed by atoms with Gasteiger partial charge in [0.1, 0.15) is 28.3 Å². The number of benzene rings is 1. The molecule has 3 atom stereocenters. The molecule has 0 radical (unpaired) electrons. The number of carboxylic acids is 1. The van der Waals surface area contributed by atoms with Crippen LogP contribution in [0.2, 0.25) is 0 Å². The first-order chi connectivity index (χ1) is 14.0. The third kappa shape index (κ3) is 2.68. The van der Waals surface area contributed by atoms with E-state index in [1.807, 2.05) is 0 Å². The van der Waals surface area contributed by atoms with Crippen molar-refractivity contribution >= 4 is 35.0 Å². The first-order valence-electron chi connectivity index (χ1n) is 9.20. The number of rotatable bonds is 5. The van der Waals surface area contributed by atoms with Crippen LogP contribution in [-0.4, -0.2) is 53.7 Å². The van der Waals surface area contributed by atoms with Crippen molar-refractivity contribution in [2.75, 3.05) is 5.32 Å². The number of para-hydroxylation sites is 1. The molecule has 158 valence electrons. The van der Waals surface area contributed by atoms with E-state index in [2.05, 4.69) is 10.5 Å². The summed E-state index contributed by atoms with van der Waals surface area (Å²) in [6.45, 7) is 6.96. The predicted molar refractivity (Wildman–Crippen MR) is 109 cm³/mol. The highest BCUT2D eigenvalue weighted by atomic mass is 32.2. The Morgan fingerprint density at radius 2 is 2.03 bits per heavy atom. The molecule has 10 nitrogen and oxygen atoms in total. The quantitative estimate of drug-likeness (QED) is 0.415. The van der Waals surface area contributed by atoms with Crippen molar-refractivity contribution < 1.29 is 24.1 Å². The molecule has 4 rings (SSSR count). The second-order valence-corrected chi connectivity index (χ2v) is 9.83. The van der Waals surface area contributed by atoms with Crippen LogP contribution in [0.25, 0.3) is 11.3 Å². The first kappa shape index (κ1) is 20.2. The Morgan fingerprint density at radius 1 is 1.37 bits per heavy atom. The van der Waals surface area contributed by atoms with Gasteiger partial charge in [0.25, 0.3) is 11.6 Å². The molecule has 2 aliphatic heterocycles. The summed E-state index contributed by atoms with van der Waals surface area (Å²) < 4.78 is 4.72. The zero-order chi connectivity index (χ0) is 22.0. The molecule has 1 amide bonds. The maximum atomic E-state index is 13.1. The number of aromatic nitrogens is 1. The minimum absolute atomic E-state index is 0.147. The number of nitro benzene ring substituents is 1. The average molecular weight is 432 g/mol. The molecular formula is C19H20N4O6S. The number of nitrogens with zero attached hydrogens (tertiary/aromatic N) is 3. The van der Waals surface area contributed by atoms with E-state index in [-0.39, 0.29) is 22.9 Å². The maximum absolute atomic E-state index is 13.1. The fourth-order valence-corrected chi connectivity index (χ4v) is 5.77. The Labute approximate surface area is 175 Å². The van der Waals surface area contributed by atoms with E-state index in [0.717, 1.165) is 0 Å². The number of amides is 1. The summed E-state index contributed by atoms with van der Waals surface area (Å²) in [5.41, 5.74) is -0.211. The predicted octanol–water partition coefficient (Wildman–Crippen LogP) is 2.88. The Kier molecular flexibility index (Phi) is 4.35.